The summed E-state index contributed by atoms with van der Waals surface area (Å²) in [5, 5.41) is 1.31. The first-order valence-corrected chi connectivity index (χ1v) is 8.30. The molecule has 0 saturated carbocycles. The van der Waals surface area contributed by atoms with E-state index in [1.165, 1.54) is 30.3 Å². The molecule has 0 unspecified atom stereocenters. The summed E-state index contributed by atoms with van der Waals surface area (Å²) in [6, 6.07) is 16.9. The fourth-order valence-electron chi connectivity index (χ4n) is 2.95. The van der Waals surface area contributed by atoms with Crippen molar-refractivity contribution in [3.63, 3.8) is 0 Å². The number of hydrogen-bond acceptors (Lipinski definition) is 3. The molecule has 3 aromatic carbocycles. The highest BCUT2D eigenvalue weighted by molar-refractivity contribution is 5.94. The second kappa shape index (κ2) is 6.53. The highest BCUT2D eigenvalue weighted by Crippen LogP contribution is 2.40. The summed E-state index contributed by atoms with van der Waals surface area (Å²) in [5.74, 6) is -0.996. The molecule has 0 aliphatic rings. The minimum Gasteiger partial charge on any atom is -0.457 e. The summed E-state index contributed by atoms with van der Waals surface area (Å²) < 4.78 is 46.3. The number of hydrogen-bond donors (Lipinski definition) is 1. The highest BCUT2D eigenvalue weighted by atomic mass is 19.4. The molecule has 4 nitrogen and oxygen atoms in total. The first-order chi connectivity index (χ1) is 13.3. The molecule has 0 aliphatic heterocycles. The maximum atomic E-state index is 13.6. The number of benzene rings is 3. The fraction of sp³-hybridized carbons (Fsp3) is 0.0476. The molecule has 140 valence electrons. The molecule has 0 spiro atoms. The average Bonchev–Trinajstić information content (AvgIpc) is 2.65. The zero-order valence-electron chi connectivity index (χ0n) is 14.3. The molecular formula is C21H13F3N2O2. The first kappa shape index (κ1) is 17.8. The largest absolute Gasteiger partial charge is 0.457 e. The third-order valence-corrected chi connectivity index (χ3v) is 4.27. The number of pyridine rings is 1. The molecule has 0 radical (unpaired) electrons. The van der Waals surface area contributed by atoms with Gasteiger partial charge in [0.25, 0.3) is 0 Å². The van der Waals surface area contributed by atoms with Crippen molar-refractivity contribution in [3.05, 3.63) is 77.9 Å². The van der Waals surface area contributed by atoms with Crippen LogP contribution in [0.25, 0.3) is 21.8 Å². The molecule has 28 heavy (non-hydrogen) atoms. The Morgan fingerprint density at radius 1 is 0.893 bits per heavy atom. The van der Waals surface area contributed by atoms with Crippen LogP contribution < -0.4 is 10.5 Å². The number of nitrogens with zero attached hydrogens (tertiary/aromatic N) is 1. The lowest BCUT2D eigenvalue weighted by Crippen LogP contribution is -2.11. The number of alkyl halides is 3. The lowest BCUT2D eigenvalue weighted by atomic mass is 10.1. The number of rotatable bonds is 3. The van der Waals surface area contributed by atoms with Crippen molar-refractivity contribution < 1.29 is 22.7 Å². The number of aromatic nitrogens is 1. The van der Waals surface area contributed by atoms with Crippen LogP contribution in [-0.2, 0) is 6.18 Å². The quantitative estimate of drug-likeness (QED) is 0.489. The number of carbonyl (C=O) groups is 1. The van der Waals surface area contributed by atoms with E-state index in [4.69, 9.17) is 10.5 Å². The van der Waals surface area contributed by atoms with Crippen molar-refractivity contribution in [2.45, 2.75) is 6.18 Å². The second-order valence-electron chi connectivity index (χ2n) is 6.21. The second-order valence-corrected chi connectivity index (χ2v) is 6.21. The summed E-state index contributed by atoms with van der Waals surface area (Å²) in [4.78, 5) is 15.6. The van der Waals surface area contributed by atoms with Gasteiger partial charge < -0.3 is 10.5 Å². The third-order valence-electron chi connectivity index (χ3n) is 4.27. The van der Waals surface area contributed by atoms with Crippen LogP contribution in [0.3, 0.4) is 0 Å². The number of carbonyl (C=O) groups excluding carboxylic acids is 1. The highest BCUT2D eigenvalue weighted by Gasteiger charge is 2.35. The minimum atomic E-state index is -4.64. The molecule has 7 heteroatoms. The van der Waals surface area contributed by atoms with Crippen LogP contribution in [0.1, 0.15) is 15.9 Å². The Balaban J connectivity index is 1.88. The van der Waals surface area contributed by atoms with Crippen LogP contribution >= 0.6 is 0 Å². The summed E-state index contributed by atoms with van der Waals surface area (Å²) in [7, 11) is 0. The predicted molar refractivity (Wildman–Crippen MR) is 99.3 cm³/mol. The first-order valence-electron chi connectivity index (χ1n) is 8.30. The van der Waals surface area contributed by atoms with Crippen LogP contribution in [0.2, 0.25) is 0 Å². The van der Waals surface area contributed by atoms with Gasteiger partial charge in [0.15, 0.2) is 0 Å². The summed E-state index contributed by atoms with van der Waals surface area (Å²) in [6.45, 7) is 0. The lowest BCUT2D eigenvalue weighted by Gasteiger charge is -2.15. The van der Waals surface area contributed by atoms with Crippen molar-refractivity contribution in [2.24, 2.45) is 5.73 Å². The fourth-order valence-corrected chi connectivity index (χ4v) is 2.95. The van der Waals surface area contributed by atoms with Gasteiger partial charge in [-0.2, -0.15) is 13.2 Å². The Morgan fingerprint density at radius 2 is 1.68 bits per heavy atom. The molecule has 4 rings (SSSR count). The molecule has 0 saturated heterocycles. The van der Waals surface area contributed by atoms with Gasteiger partial charge in [0.1, 0.15) is 17.1 Å². The summed E-state index contributed by atoms with van der Waals surface area (Å²) >= 11 is 0. The summed E-state index contributed by atoms with van der Waals surface area (Å²) in [5.41, 5.74) is 5.22. The van der Waals surface area contributed by atoms with Crippen LogP contribution in [0.4, 0.5) is 13.2 Å². The van der Waals surface area contributed by atoms with E-state index in [-0.39, 0.29) is 22.6 Å². The Hall–Kier alpha value is -3.61. The number of halogens is 3. The maximum absolute atomic E-state index is 13.6. The van der Waals surface area contributed by atoms with Gasteiger partial charge in [0.2, 0.25) is 5.91 Å². The van der Waals surface area contributed by atoms with E-state index in [0.717, 1.165) is 11.5 Å². The number of para-hydroxylation sites is 1. The zero-order valence-corrected chi connectivity index (χ0v) is 14.3. The molecule has 1 heterocycles. The molecule has 4 aromatic rings. The van der Waals surface area contributed by atoms with Crippen molar-refractivity contribution in [1.29, 1.82) is 0 Å². The molecule has 1 aromatic heterocycles. The number of nitrogens with two attached hydrogens (primary N) is 1. The van der Waals surface area contributed by atoms with Crippen LogP contribution in [-0.4, -0.2) is 10.9 Å². The molecule has 1 amide bonds. The van der Waals surface area contributed by atoms with Crippen LogP contribution in [0, 0.1) is 0 Å². The van der Waals surface area contributed by atoms with Crippen LogP contribution in [0.5, 0.6) is 11.5 Å². The lowest BCUT2D eigenvalue weighted by molar-refractivity contribution is -0.138. The van der Waals surface area contributed by atoms with Crippen molar-refractivity contribution in [1.82, 2.24) is 4.98 Å². The topological polar surface area (TPSA) is 65.2 Å². The minimum absolute atomic E-state index is 0.0786. The van der Waals surface area contributed by atoms with E-state index in [1.54, 1.807) is 18.2 Å². The van der Waals surface area contributed by atoms with E-state index in [9.17, 15) is 18.0 Å². The monoisotopic (exact) mass is 382 g/mol. The van der Waals surface area contributed by atoms with E-state index in [0.29, 0.717) is 10.9 Å². The molecule has 0 fully saturated rings. The van der Waals surface area contributed by atoms with Gasteiger partial charge in [0, 0.05) is 16.3 Å². The maximum Gasteiger partial charge on any atom is 0.420 e. The van der Waals surface area contributed by atoms with E-state index >= 15 is 0 Å². The molecule has 0 bridgehead atoms. The van der Waals surface area contributed by atoms with Gasteiger partial charge in [-0.3, -0.25) is 4.79 Å². The zero-order chi connectivity index (χ0) is 19.9. The normalized spacial score (nSPS) is 11.7. The Kier molecular flexibility index (Phi) is 4.15. The van der Waals surface area contributed by atoms with Crippen LogP contribution in [0.15, 0.2) is 66.7 Å². The third kappa shape index (κ3) is 3.34. The number of primary amides is 1. The molecule has 0 atom stereocenters. The van der Waals surface area contributed by atoms with E-state index in [2.05, 4.69) is 4.98 Å². The van der Waals surface area contributed by atoms with Gasteiger partial charge >= 0.3 is 6.18 Å². The summed E-state index contributed by atoms with van der Waals surface area (Å²) in [6.07, 6.45) is -4.64. The average molecular weight is 382 g/mol. The Morgan fingerprint density at radius 3 is 2.43 bits per heavy atom. The van der Waals surface area contributed by atoms with Gasteiger partial charge in [-0.25, -0.2) is 4.98 Å². The SMILES string of the molecule is NC(=O)c1cccc(Oc2cc3cc4ccccc4nc3cc2C(F)(F)F)c1. The Labute approximate surface area is 157 Å². The van der Waals surface area contributed by atoms with Crippen molar-refractivity contribution in [3.8, 4) is 11.5 Å². The standard InChI is InChI=1S/C21H13F3N2O2/c22-21(23,24)16-11-18-14(8-12-4-1-2-7-17(12)26-18)10-19(16)28-15-6-3-5-13(9-15)20(25)27/h1-11H,(H2,25,27). The molecule has 2 N–H and O–H groups in total. The van der Waals surface area contributed by atoms with E-state index in [1.807, 2.05) is 12.1 Å². The van der Waals surface area contributed by atoms with Gasteiger partial charge in [0.05, 0.1) is 11.0 Å². The number of fused-ring (bicyclic) bond motifs is 2. The molecule has 0 aliphatic carbocycles. The van der Waals surface area contributed by atoms with Gasteiger partial charge in [-0.1, -0.05) is 24.3 Å². The van der Waals surface area contributed by atoms with Crippen molar-refractivity contribution >= 4 is 27.7 Å². The van der Waals surface area contributed by atoms with Crippen molar-refractivity contribution in [2.75, 3.05) is 0 Å². The van der Waals surface area contributed by atoms with Gasteiger partial charge in [-0.05, 0) is 42.5 Å². The van der Waals surface area contributed by atoms with Gasteiger partial charge in [-0.15, -0.1) is 0 Å². The van der Waals surface area contributed by atoms with E-state index < -0.39 is 17.6 Å². The number of ether oxygens (including phenoxy) is 1. The predicted octanol–water partition coefficient (Wildman–Crippen LogP) is 5.30. The Bertz CT molecular complexity index is 1220. The number of amides is 1. The smallest absolute Gasteiger partial charge is 0.420 e. The molecular weight excluding hydrogens is 369 g/mol.